The average Bonchev–Trinajstić information content (AvgIpc) is 3.14. The van der Waals surface area contributed by atoms with Gasteiger partial charge >= 0.3 is 0 Å². The molecule has 2 aliphatic rings. The number of ether oxygens (including phenoxy) is 2. The van der Waals surface area contributed by atoms with Crippen LogP contribution in [-0.4, -0.2) is 49.2 Å². The van der Waals surface area contributed by atoms with Crippen LogP contribution in [-0.2, 0) is 19.7 Å². The predicted octanol–water partition coefficient (Wildman–Crippen LogP) is 2.78. The van der Waals surface area contributed by atoms with Crippen molar-refractivity contribution in [3.05, 3.63) is 35.4 Å². The second kappa shape index (κ2) is 7.26. The van der Waals surface area contributed by atoms with E-state index < -0.39 is 11.7 Å². The normalized spacial score (nSPS) is 20.0. The van der Waals surface area contributed by atoms with Gasteiger partial charge in [0.1, 0.15) is 0 Å². The topological polar surface area (TPSA) is 55.8 Å². The number of likely N-dealkylation sites (tertiary alicyclic amines) is 1. The lowest BCUT2D eigenvalue weighted by Gasteiger charge is -2.33. The van der Waals surface area contributed by atoms with Crippen molar-refractivity contribution < 1.29 is 19.1 Å². The number of hydrogen-bond donors (Lipinski definition) is 0. The summed E-state index contributed by atoms with van der Waals surface area (Å²) < 4.78 is 11.1. The summed E-state index contributed by atoms with van der Waals surface area (Å²) in [5, 5.41) is 0. The van der Waals surface area contributed by atoms with Crippen LogP contribution in [0.15, 0.2) is 24.3 Å². The fraction of sp³-hybridized carbons (Fsp3) is 0.600. The molecule has 0 radical (unpaired) electrons. The van der Waals surface area contributed by atoms with Gasteiger partial charge in [-0.15, -0.1) is 0 Å². The van der Waals surface area contributed by atoms with Crippen molar-refractivity contribution in [1.82, 2.24) is 4.90 Å². The summed E-state index contributed by atoms with van der Waals surface area (Å²) in [4.78, 5) is 26.7. The van der Waals surface area contributed by atoms with Gasteiger partial charge in [0.05, 0.1) is 13.2 Å². The summed E-state index contributed by atoms with van der Waals surface area (Å²) in [7, 11) is 0. The highest BCUT2D eigenvalue weighted by Gasteiger charge is 2.33. The van der Waals surface area contributed by atoms with Gasteiger partial charge in [0.15, 0.2) is 6.29 Å². The number of benzene rings is 1. The molecule has 25 heavy (non-hydrogen) atoms. The van der Waals surface area contributed by atoms with Crippen LogP contribution in [0.5, 0.6) is 0 Å². The van der Waals surface area contributed by atoms with Crippen molar-refractivity contribution in [3.63, 3.8) is 0 Å². The number of carbonyl (C=O) groups is 2. The van der Waals surface area contributed by atoms with Crippen LogP contribution >= 0.6 is 0 Å². The van der Waals surface area contributed by atoms with Gasteiger partial charge in [0.2, 0.25) is 5.78 Å². The molecule has 0 aliphatic carbocycles. The summed E-state index contributed by atoms with van der Waals surface area (Å²) in [6, 6.07) is 7.38. The molecule has 0 aromatic heterocycles. The number of rotatable bonds is 3. The van der Waals surface area contributed by atoms with Gasteiger partial charge in [-0.1, -0.05) is 45.0 Å². The van der Waals surface area contributed by atoms with Crippen molar-refractivity contribution in [3.8, 4) is 0 Å². The molecule has 1 aromatic carbocycles. The Bertz CT molecular complexity index is 618. The van der Waals surface area contributed by atoms with E-state index in [-0.39, 0.29) is 11.7 Å². The van der Waals surface area contributed by atoms with Gasteiger partial charge in [-0.25, -0.2) is 0 Å². The summed E-state index contributed by atoms with van der Waals surface area (Å²) in [6.45, 7) is 8.82. The van der Waals surface area contributed by atoms with Crippen LogP contribution in [0.4, 0.5) is 0 Å². The number of ketones is 1. The zero-order chi connectivity index (χ0) is 18.0. The molecule has 2 heterocycles. The zero-order valence-electron chi connectivity index (χ0n) is 15.3. The van der Waals surface area contributed by atoms with Crippen molar-refractivity contribution in [2.45, 2.75) is 45.3 Å². The highest BCUT2D eigenvalue weighted by atomic mass is 16.7. The number of carbonyl (C=O) groups excluding carboxylic acids is 2. The molecule has 2 aliphatic heterocycles. The molecule has 0 bridgehead atoms. The predicted molar refractivity (Wildman–Crippen MR) is 94.5 cm³/mol. The van der Waals surface area contributed by atoms with Crippen molar-refractivity contribution in [2.24, 2.45) is 5.92 Å². The van der Waals surface area contributed by atoms with E-state index in [1.165, 1.54) is 0 Å². The molecule has 3 rings (SSSR count). The number of Topliss-reactive ketones (excluding diaryl/α,β-unsaturated/α-hetero) is 1. The van der Waals surface area contributed by atoms with E-state index in [9.17, 15) is 9.59 Å². The molecule has 1 aromatic rings. The molecule has 0 saturated carbocycles. The van der Waals surface area contributed by atoms with Crippen molar-refractivity contribution in [1.29, 1.82) is 0 Å². The van der Waals surface area contributed by atoms with Crippen LogP contribution in [0.1, 0.15) is 49.5 Å². The standard InChI is InChI=1S/C20H27NO4/c1-20(2,3)16-6-4-14(5-7-16)17(22)18(23)21-10-8-15(9-11-21)19-24-12-13-25-19/h4-7,15,19H,8-13H2,1-3H3. The molecular weight excluding hydrogens is 318 g/mol. The molecular formula is C20H27NO4. The molecule has 0 spiro atoms. The number of amides is 1. The summed E-state index contributed by atoms with van der Waals surface area (Å²) in [5.74, 6) is -0.518. The second-order valence-electron chi connectivity index (χ2n) is 7.90. The first kappa shape index (κ1) is 18.1. The van der Waals surface area contributed by atoms with E-state index in [0.717, 1.165) is 18.4 Å². The Hall–Kier alpha value is -1.72. The lowest BCUT2D eigenvalue weighted by Crippen LogP contribution is -2.44. The quantitative estimate of drug-likeness (QED) is 0.624. The minimum atomic E-state index is -0.424. The Morgan fingerprint density at radius 3 is 2.08 bits per heavy atom. The third-order valence-electron chi connectivity index (χ3n) is 5.07. The van der Waals surface area contributed by atoms with Gasteiger partial charge < -0.3 is 14.4 Å². The number of hydrogen-bond acceptors (Lipinski definition) is 4. The maximum Gasteiger partial charge on any atom is 0.294 e. The molecule has 0 unspecified atom stereocenters. The van der Waals surface area contributed by atoms with Crippen LogP contribution < -0.4 is 0 Å². The van der Waals surface area contributed by atoms with Crippen molar-refractivity contribution >= 4 is 11.7 Å². The molecule has 1 amide bonds. The van der Waals surface area contributed by atoms with Crippen LogP contribution in [0.3, 0.4) is 0 Å². The smallest absolute Gasteiger partial charge is 0.294 e. The first-order valence-corrected chi connectivity index (χ1v) is 9.03. The summed E-state index contributed by atoms with van der Waals surface area (Å²) in [6.07, 6.45) is 1.48. The minimum Gasteiger partial charge on any atom is -0.350 e. The molecule has 136 valence electrons. The first-order chi connectivity index (χ1) is 11.9. The van der Waals surface area contributed by atoms with E-state index >= 15 is 0 Å². The molecule has 2 saturated heterocycles. The second-order valence-corrected chi connectivity index (χ2v) is 7.90. The Morgan fingerprint density at radius 2 is 1.56 bits per heavy atom. The van der Waals surface area contributed by atoms with Crippen LogP contribution in [0.25, 0.3) is 0 Å². The van der Waals surface area contributed by atoms with Gasteiger partial charge in [0, 0.05) is 24.6 Å². The molecule has 5 heteroatoms. The lowest BCUT2D eigenvalue weighted by molar-refractivity contribution is -0.132. The molecule has 0 atom stereocenters. The van der Waals surface area contributed by atoms with Crippen LogP contribution in [0.2, 0.25) is 0 Å². The highest BCUT2D eigenvalue weighted by molar-refractivity contribution is 6.42. The first-order valence-electron chi connectivity index (χ1n) is 9.03. The van der Waals surface area contributed by atoms with Gasteiger partial charge in [-0.2, -0.15) is 0 Å². The Kier molecular flexibility index (Phi) is 5.25. The fourth-order valence-corrected chi connectivity index (χ4v) is 3.41. The van der Waals surface area contributed by atoms with E-state index in [0.29, 0.717) is 37.8 Å². The largest absolute Gasteiger partial charge is 0.350 e. The Balaban J connectivity index is 1.58. The van der Waals surface area contributed by atoms with E-state index in [4.69, 9.17) is 9.47 Å². The lowest BCUT2D eigenvalue weighted by atomic mass is 9.86. The average molecular weight is 345 g/mol. The number of piperidine rings is 1. The molecule has 2 fully saturated rings. The zero-order valence-corrected chi connectivity index (χ0v) is 15.3. The number of nitrogens with zero attached hydrogens (tertiary/aromatic N) is 1. The maximum absolute atomic E-state index is 12.5. The highest BCUT2D eigenvalue weighted by Crippen LogP contribution is 2.26. The van der Waals surface area contributed by atoms with Gasteiger partial charge in [-0.3, -0.25) is 9.59 Å². The summed E-state index contributed by atoms with van der Waals surface area (Å²) >= 11 is 0. The van der Waals surface area contributed by atoms with Gasteiger partial charge in [-0.05, 0) is 23.8 Å². The minimum absolute atomic E-state index is 0.0256. The third kappa shape index (κ3) is 4.10. The molecule has 0 N–H and O–H groups in total. The maximum atomic E-state index is 12.5. The van der Waals surface area contributed by atoms with Crippen molar-refractivity contribution in [2.75, 3.05) is 26.3 Å². The Labute approximate surface area is 149 Å². The van der Waals surface area contributed by atoms with Gasteiger partial charge in [0.25, 0.3) is 5.91 Å². The fourth-order valence-electron chi connectivity index (χ4n) is 3.41. The van der Waals surface area contributed by atoms with Crippen LogP contribution in [0, 0.1) is 5.92 Å². The SMILES string of the molecule is CC(C)(C)c1ccc(C(=O)C(=O)N2CCC(C3OCCO3)CC2)cc1. The third-order valence-corrected chi connectivity index (χ3v) is 5.07. The van der Waals surface area contributed by atoms with E-state index in [1.54, 1.807) is 17.0 Å². The Morgan fingerprint density at radius 1 is 1.00 bits per heavy atom. The van der Waals surface area contributed by atoms with E-state index in [2.05, 4.69) is 20.8 Å². The monoisotopic (exact) mass is 345 g/mol. The molecule has 5 nitrogen and oxygen atoms in total. The van der Waals surface area contributed by atoms with E-state index in [1.807, 2.05) is 12.1 Å². The summed E-state index contributed by atoms with van der Waals surface area (Å²) in [5.41, 5.74) is 1.63.